The Morgan fingerprint density at radius 1 is 1.53 bits per heavy atom. The molecule has 5 heteroatoms. The smallest absolute Gasteiger partial charge is 0.325 e. The Morgan fingerprint density at radius 2 is 2.18 bits per heavy atom. The highest BCUT2D eigenvalue weighted by atomic mass is 79.9. The van der Waals surface area contributed by atoms with Crippen LogP contribution in [0.5, 0.6) is 0 Å². The third kappa shape index (κ3) is 3.78. The molecule has 0 atom stereocenters. The molecule has 0 radical (unpaired) electrons. The zero-order chi connectivity index (χ0) is 13.1. The molecule has 0 fully saturated rings. The van der Waals surface area contributed by atoms with Crippen LogP contribution in [0.3, 0.4) is 0 Å². The Hall–Kier alpha value is -0.940. The van der Waals surface area contributed by atoms with Crippen molar-refractivity contribution in [2.45, 2.75) is 25.9 Å². The number of hydrogen-bond acceptors (Lipinski definition) is 3. The molecule has 94 valence electrons. The first kappa shape index (κ1) is 14.1. The van der Waals surface area contributed by atoms with Crippen molar-refractivity contribution in [3.63, 3.8) is 0 Å². The molecule has 0 bridgehead atoms. The molecular weight excluding hydrogens is 289 g/mol. The molecular formula is C12H15BrFNO2. The maximum absolute atomic E-state index is 13.1. The average Bonchev–Trinajstić information content (AvgIpc) is 2.29. The minimum absolute atomic E-state index is 0.305. The molecule has 1 aromatic rings. The highest BCUT2D eigenvalue weighted by molar-refractivity contribution is 9.10. The Bertz CT molecular complexity index is 421. The second-order valence-electron chi connectivity index (χ2n) is 4.21. The molecule has 0 spiro atoms. The predicted molar refractivity (Wildman–Crippen MR) is 67.0 cm³/mol. The lowest BCUT2D eigenvalue weighted by Crippen LogP contribution is -2.47. The van der Waals surface area contributed by atoms with E-state index in [0.717, 1.165) is 10.0 Å². The lowest BCUT2D eigenvalue weighted by Gasteiger charge is -2.23. The monoisotopic (exact) mass is 303 g/mol. The van der Waals surface area contributed by atoms with Crippen molar-refractivity contribution in [1.82, 2.24) is 5.32 Å². The van der Waals surface area contributed by atoms with Gasteiger partial charge >= 0.3 is 5.97 Å². The number of carbonyl (C=O) groups is 1. The average molecular weight is 304 g/mol. The number of nitrogens with one attached hydrogen (secondary N) is 1. The van der Waals surface area contributed by atoms with E-state index in [1.165, 1.54) is 19.2 Å². The number of benzene rings is 1. The maximum Gasteiger partial charge on any atom is 0.325 e. The minimum atomic E-state index is -0.805. The van der Waals surface area contributed by atoms with Gasteiger partial charge in [0.05, 0.1) is 7.11 Å². The molecule has 0 aliphatic rings. The number of methoxy groups -OCH3 is 1. The van der Waals surface area contributed by atoms with E-state index in [-0.39, 0.29) is 11.8 Å². The van der Waals surface area contributed by atoms with Crippen LogP contribution in [0, 0.1) is 5.82 Å². The molecule has 0 aromatic heterocycles. The Morgan fingerprint density at radius 3 is 2.76 bits per heavy atom. The fraction of sp³-hybridized carbons (Fsp3) is 0.417. The third-order valence-corrected chi connectivity index (χ3v) is 3.20. The highest BCUT2D eigenvalue weighted by Crippen LogP contribution is 2.18. The van der Waals surface area contributed by atoms with E-state index < -0.39 is 5.54 Å². The van der Waals surface area contributed by atoms with Crippen molar-refractivity contribution in [3.05, 3.63) is 34.1 Å². The van der Waals surface area contributed by atoms with Gasteiger partial charge in [-0.1, -0.05) is 15.9 Å². The predicted octanol–water partition coefficient (Wildman–Crippen LogP) is 2.63. The van der Waals surface area contributed by atoms with Gasteiger partial charge in [-0.25, -0.2) is 4.39 Å². The van der Waals surface area contributed by atoms with Gasteiger partial charge in [-0.15, -0.1) is 0 Å². The molecule has 0 saturated carbocycles. The van der Waals surface area contributed by atoms with E-state index in [9.17, 15) is 9.18 Å². The van der Waals surface area contributed by atoms with Crippen LogP contribution in [-0.2, 0) is 16.1 Å². The molecule has 0 aliphatic heterocycles. The summed E-state index contributed by atoms with van der Waals surface area (Å²) in [5.74, 6) is -0.661. The van der Waals surface area contributed by atoms with E-state index in [1.807, 2.05) is 0 Å². The topological polar surface area (TPSA) is 38.3 Å². The minimum Gasteiger partial charge on any atom is -0.468 e. The van der Waals surface area contributed by atoms with Crippen LogP contribution < -0.4 is 5.32 Å². The molecule has 0 heterocycles. The van der Waals surface area contributed by atoms with Gasteiger partial charge in [0.25, 0.3) is 0 Å². The summed E-state index contributed by atoms with van der Waals surface area (Å²) in [5, 5.41) is 3.02. The van der Waals surface area contributed by atoms with Crippen LogP contribution in [0.1, 0.15) is 19.4 Å². The van der Waals surface area contributed by atoms with Crippen LogP contribution >= 0.6 is 15.9 Å². The number of carbonyl (C=O) groups excluding carboxylic acids is 1. The van der Waals surface area contributed by atoms with Crippen molar-refractivity contribution in [1.29, 1.82) is 0 Å². The molecule has 0 amide bonds. The highest BCUT2D eigenvalue weighted by Gasteiger charge is 2.27. The molecule has 17 heavy (non-hydrogen) atoms. The Labute approximate surface area is 108 Å². The van der Waals surface area contributed by atoms with Gasteiger partial charge in [-0.3, -0.25) is 10.1 Å². The lowest BCUT2D eigenvalue weighted by molar-refractivity contribution is -0.147. The number of hydrogen-bond donors (Lipinski definition) is 1. The van der Waals surface area contributed by atoms with Gasteiger partial charge in [-0.05, 0) is 37.6 Å². The van der Waals surface area contributed by atoms with Crippen molar-refractivity contribution in [2.75, 3.05) is 7.11 Å². The number of esters is 1. The van der Waals surface area contributed by atoms with Gasteiger partial charge in [-0.2, -0.15) is 0 Å². The van der Waals surface area contributed by atoms with Crippen LogP contribution in [0.4, 0.5) is 4.39 Å². The maximum atomic E-state index is 13.1. The van der Waals surface area contributed by atoms with Crippen LogP contribution in [0.25, 0.3) is 0 Å². The normalized spacial score (nSPS) is 11.4. The van der Waals surface area contributed by atoms with Crippen LogP contribution in [0.2, 0.25) is 0 Å². The van der Waals surface area contributed by atoms with Gasteiger partial charge in [0.2, 0.25) is 0 Å². The second-order valence-corrected chi connectivity index (χ2v) is 5.06. The largest absolute Gasteiger partial charge is 0.468 e. The zero-order valence-corrected chi connectivity index (χ0v) is 11.6. The fourth-order valence-electron chi connectivity index (χ4n) is 1.32. The molecule has 0 unspecified atom stereocenters. The second kappa shape index (κ2) is 5.60. The van der Waals surface area contributed by atoms with Crippen LogP contribution in [-0.4, -0.2) is 18.6 Å². The first-order valence-corrected chi connectivity index (χ1v) is 5.93. The first-order chi connectivity index (χ1) is 7.86. The number of ether oxygens (including phenoxy) is 1. The summed E-state index contributed by atoms with van der Waals surface area (Å²) in [5.41, 5.74) is -0.0532. The van der Waals surface area contributed by atoms with E-state index >= 15 is 0 Å². The molecule has 3 nitrogen and oxygen atoms in total. The van der Waals surface area contributed by atoms with Crippen molar-refractivity contribution in [3.8, 4) is 0 Å². The summed E-state index contributed by atoms with van der Waals surface area (Å²) in [4.78, 5) is 11.4. The molecule has 0 aliphatic carbocycles. The summed E-state index contributed by atoms with van der Waals surface area (Å²) in [6.45, 7) is 3.80. The van der Waals surface area contributed by atoms with E-state index in [1.54, 1.807) is 19.9 Å². The number of rotatable bonds is 4. The summed E-state index contributed by atoms with van der Waals surface area (Å²) in [7, 11) is 1.34. The molecule has 1 N–H and O–H groups in total. The van der Waals surface area contributed by atoms with Crippen LogP contribution in [0.15, 0.2) is 22.7 Å². The number of halogens is 2. The molecule has 1 aromatic carbocycles. The van der Waals surface area contributed by atoms with Gasteiger partial charge < -0.3 is 4.74 Å². The fourth-order valence-corrected chi connectivity index (χ4v) is 1.71. The summed E-state index contributed by atoms with van der Waals surface area (Å²) in [6.07, 6.45) is 0. The van der Waals surface area contributed by atoms with E-state index in [0.29, 0.717) is 6.54 Å². The summed E-state index contributed by atoms with van der Waals surface area (Å²) in [6, 6.07) is 4.43. The standard InChI is InChI=1S/C12H15BrFNO2/c1-12(2,11(16)17-3)15-7-8-6-9(14)4-5-10(8)13/h4-6,15H,7H2,1-3H3. The SMILES string of the molecule is COC(=O)C(C)(C)NCc1cc(F)ccc1Br. The summed E-state index contributed by atoms with van der Waals surface area (Å²) < 4.78 is 18.5. The van der Waals surface area contributed by atoms with Gasteiger partial charge in [0.1, 0.15) is 11.4 Å². The lowest BCUT2D eigenvalue weighted by atomic mass is 10.1. The van der Waals surface area contributed by atoms with Gasteiger partial charge in [0, 0.05) is 11.0 Å². The van der Waals surface area contributed by atoms with Crippen molar-refractivity contribution < 1.29 is 13.9 Å². The van der Waals surface area contributed by atoms with E-state index in [4.69, 9.17) is 0 Å². The van der Waals surface area contributed by atoms with Crippen molar-refractivity contribution >= 4 is 21.9 Å². The summed E-state index contributed by atoms with van der Waals surface area (Å²) >= 11 is 3.33. The molecule has 0 saturated heterocycles. The first-order valence-electron chi connectivity index (χ1n) is 5.14. The molecule has 1 rings (SSSR count). The van der Waals surface area contributed by atoms with Crippen molar-refractivity contribution in [2.24, 2.45) is 0 Å². The Balaban J connectivity index is 2.73. The Kier molecular flexibility index (Phi) is 4.65. The van der Waals surface area contributed by atoms with E-state index in [2.05, 4.69) is 26.0 Å². The zero-order valence-electron chi connectivity index (χ0n) is 10.0. The quantitative estimate of drug-likeness (QED) is 0.869. The third-order valence-electron chi connectivity index (χ3n) is 2.42. The van der Waals surface area contributed by atoms with Gasteiger partial charge in [0.15, 0.2) is 0 Å².